The van der Waals surface area contributed by atoms with Crippen LogP contribution in [0.15, 0.2) is 71.9 Å². The number of ketones is 1. The fraction of sp³-hybridized carbons (Fsp3) is 0.269. The van der Waals surface area contributed by atoms with Crippen molar-refractivity contribution in [2.45, 2.75) is 32.0 Å². The standard InChI is InChI=1S/C26H28N4O2S/c1-18-15-23(20(3)29(18)19(2)16-32-4)24(31)17-33-26-28-27-25(21-11-7-5-8-12-21)30(26)22-13-9-6-10-14-22/h5-15,19H,16-17H2,1-4H3. The van der Waals surface area contributed by atoms with Gasteiger partial charge in [-0.15, -0.1) is 10.2 Å². The highest BCUT2D eigenvalue weighted by molar-refractivity contribution is 7.99. The van der Waals surface area contributed by atoms with Crippen LogP contribution in [-0.2, 0) is 4.74 Å². The fourth-order valence-corrected chi connectivity index (χ4v) is 5.04. The average Bonchev–Trinajstić information content (AvgIpc) is 3.39. The zero-order chi connectivity index (χ0) is 23.4. The molecular formula is C26H28N4O2S. The maximum Gasteiger partial charge on any atom is 0.196 e. The van der Waals surface area contributed by atoms with Crippen LogP contribution >= 0.6 is 11.8 Å². The lowest BCUT2D eigenvalue weighted by molar-refractivity contribution is 0.102. The highest BCUT2D eigenvalue weighted by Gasteiger charge is 2.21. The van der Waals surface area contributed by atoms with Crippen LogP contribution in [0.3, 0.4) is 0 Å². The van der Waals surface area contributed by atoms with Gasteiger partial charge in [-0.25, -0.2) is 0 Å². The Morgan fingerprint density at radius 2 is 1.70 bits per heavy atom. The second-order valence-electron chi connectivity index (χ2n) is 8.01. The molecule has 0 aliphatic heterocycles. The molecule has 33 heavy (non-hydrogen) atoms. The first kappa shape index (κ1) is 23.0. The Hall–Kier alpha value is -3.16. The number of aromatic nitrogens is 4. The molecule has 0 bridgehead atoms. The smallest absolute Gasteiger partial charge is 0.196 e. The molecule has 4 aromatic rings. The van der Waals surface area contributed by atoms with Crippen LogP contribution in [0.4, 0.5) is 0 Å². The van der Waals surface area contributed by atoms with E-state index in [0.29, 0.717) is 11.8 Å². The zero-order valence-electron chi connectivity index (χ0n) is 19.4. The third-order valence-corrected chi connectivity index (χ3v) is 6.57. The summed E-state index contributed by atoms with van der Waals surface area (Å²) in [5, 5.41) is 9.58. The molecule has 6 nitrogen and oxygen atoms in total. The number of carbonyl (C=O) groups is 1. The SMILES string of the molecule is COCC(C)n1c(C)cc(C(=O)CSc2nnc(-c3ccccc3)n2-c2ccccc2)c1C. The molecule has 2 heterocycles. The Morgan fingerprint density at radius 3 is 2.36 bits per heavy atom. The molecule has 4 rings (SSSR count). The third-order valence-electron chi connectivity index (χ3n) is 5.65. The van der Waals surface area contributed by atoms with E-state index in [2.05, 4.69) is 21.7 Å². The van der Waals surface area contributed by atoms with Crippen LogP contribution in [0.5, 0.6) is 0 Å². The lowest BCUT2D eigenvalue weighted by Gasteiger charge is -2.17. The number of ether oxygens (including phenoxy) is 1. The lowest BCUT2D eigenvalue weighted by Crippen LogP contribution is -2.14. The normalized spacial score (nSPS) is 12.1. The number of thioether (sulfide) groups is 1. The molecule has 0 saturated heterocycles. The Kier molecular flexibility index (Phi) is 7.11. The lowest BCUT2D eigenvalue weighted by atomic mass is 10.2. The number of rotatable bonds is 9. The van der Waals surface area contributed by atoms with Crippen molar-refractivity contribution < 1.29 is 9.53 Å². The third kappa shape index (κ3) is 4.79. The Morgan fingerprint density at radius 1 is 1.03 bits per heavy atom. The van der Waals surface area contributed by atoms with E-state index in [4.69, 9.17) is 4.74 Å². The van der Waals surface area contributed by atoms with E-state index in [1.807, 2.05) is 85.1 Å². The fourth-order valence-electron chi connectivity index (χ4n) is 4.21. The quantitative estimate of drug-likeness (QED) is 0.243. The second-order valence-corrected chi connectivity index (χ2v) is 8.96. The molecule has 0 radical (unpaired) electrons. The predicted molar refractivity (Wildman–Crippen MR) is 132 cm³/mol. The van der Waals surface area contributed by atoms with Gasteiger partial charge in [0, 0.05) is 35.3 Å². The average molecular weight is 461 g/mol. The number of hydrogen-bond acceptors (Lipinski definition) is 5. The number of hydrogen-bond donors (Lipinski definition) is 0. The summed E-state index contributed by atoms with van der Waals surface area (Å²) < 4.78 is 9.49. The number of nitrogens with zero attached hydrogens (tertiary/aromatic N) is 4. The first-order chi connectivity index (χ1) is 16.0. The molecule has 0 saturated carbocycles. The van der Waals surface area contributed by atoms with Crippen LogP contribution in [0, 0.1) is 13.8 Å². The molecule has 0 fully saturated rings. The first-order valence-corrected chi connectivity index (χ1v) is 11.9. The van der Waals surface area contributed by atoms with Crippen LogP contribution < -0.4 is 0 Å². The number of Topliss-reactive ketones (excluding diaryl/α,β-unsaturated/α-hetero) is 1. The number of methoxy groups -OCH3 is 1. The van der Waals surface area contributed by atoms with Crippen molar-refractivity contribution in [3.8, 4) is 17.1 Å². The van der Waals surface area contributed by atoms with Gasteiger partial charge >= 0.3 is 0 Å². The van der Waals surface area contributed by atoms with Gasteiger partial charge < -0.3 is 9.30 Å². The first-order valence-electron chi connectivity index (χ1n) is 10.9. The summed E-state index contributed by atoms with van der Waals surface area (Å²) in [6, 6.07) is 22.1. The highest BCUT2D eigenvalue weighted by atomic mass is 32.2. The molecule has 0 N–H and O–H groups in total. The van der Waals surface area contributed by atoms with Crippen molar-refractivity contribution >= 4 is 17.5 Å². The van der Waals surface area contributed by atoms with Crippen molar-refractivity contribution in [2.24, 2.45) is 0 Å². The van der Waals surface area contributed by atoms with Gasteiger partial charge in [-0.3, -0.25) is 9.36 Å². The molecule has 1 unspecified atom stereocenters. The summed E-state index contributed by atoms with van der Waals surface area (Å²) in [4.78, 5) is 13.2. The Labute approximate surface area is 198 Å². The minimum Gasteiger partial charge on any atom is -0.383 e. The van der Waals surface area contributed by atoms with Gasteiger partial charge in [0.25, 0.3) is 0 Å². The van der Waals surface area contributed by atoms with Crippen molar-refractivity contribution in [2.75, 3.05) is 19.5 Å². The van der Waals surface area contributed by atoms with Gasteiger partial charge in [-0.2, -0.15) is 0 Å². The largest absolute Gasteiger partial charge is 0.383 e. The minimum atomic E-state index is 0.0767. The van der Waals surface area contributed by atoms with E-state index in [1.54, 1.807) is 7.11 Å². The monoisotopic (exact) mass is 460 g/mol. The number of benzene rings is 2. The highest BCUT2D eigenvalue weighted by Crippen LogP contribution is 2.29. The molecule has 1 atom stereocenters. The zero-order valence-corrected chi connectivity index (χ0v) is 20.2. The van der Waals surface area contributed by atoms with Crippen molar-refractivity contribution in [1.82, 2.24) is 19.3 Å². The van der Waals surface area contributed by atoms with Crippen LogP contribution in [0.2, 0.25) is 0 Å². The molecule has 2 aromatic heterocycles. The summed E-state index contributed by atoms with van der Waals surface area (Å²) in [5.41, 5.74) is 4.71. The van der Waals surface area contributed by atoms with E-state index < -0.39 is 0 Å². The minimum absolute atomic E-state index is 0.0767. The maximum atomic E-state index is 13.2. The predicted octanol–water partition coefficient (Wildman–Crippen LogP) is 5.54. The summed E-state index contributed by atoms with van der Waals surface area (Å²) in [6.07, 6.45) is 0. The number of carbonyl (C=O) groups excluding carboxylic acids is 1. The van der Waals surface area contributed by atoms with Crippen LogP contribution in [0.1, 0.15) is 34.7 Å². The number of aryl methyl sites for hydroxylation is 1. The molecular weight excluding hydrogens is 432 g/mol. The Balaban J connectivity index is 1.61. The van der Waals surface area contributed by atoms with Gasteiger partial charge in [0.1, 0.15) is 0 Å². The second kappa shape index (κ2) is 10.2. The summed E-state index contributed by atoms with van der Waals surface area (Å²) in [7, 11) is 1.69. The van der Waals surface area contributed by atoms with Crippen molar-refractivity contribution in [3.63, 3.8) is 0 Å². The van der Waals surface area contributed by atoms with E-state index >= 15 is 0 Å². The van der Waals surface area contributed by atoms with Gasteiger partial charge in [0.05, 0.1) is 18.4 Å². The molecule has 170 valence electrons. The van der Waals surface area contributed by atoms with E-state index in [0.717, 1.165) is 34.0 Å². The van der Waals surface area contributed by atoms with Crippen molar-refractivity contribution in [3.05, 3.63) is 83.7 Å². The van der Waals surface area contributed by atoms with E-state index in [1.165, 1.54) is 11.8 Å². The Bertz CT molecular complexity index is 1230. The maximum absolute atomic E-state index is 13.2. The summed E-state index contributed by atoms with van der Waals surface area (Å²) in [5.74, 6) is 1.11. The molecule has 2 aromatic carbocycles. The summed E-state index contributed by atoms with van der Waals surface area (Å²) >= 11 is 1.41. The van der Waals surface area contributed by atoms with Crippen molar-refractivity contribution in [1.29, 1.82) is 0 Å². The van der Waals surface area contributed by atoms with Crippen LogP contribution in [0.25, 0.3) is 17.1 Å². The van der Waals surface area contributed by atoms with Gasteiger partial charge in [0.2, 0.25) is 0 Å². The van der Waals surface area contributed by atoms with E-state index in [-0.39, 0.29) is 17.6 Å². The summed E-state index contributed by atoms with van der Waals surface area (Å²) in [6.45, 7) is 6.72. The number of para-hydroxylation sites is 1. The van der Waals surface area contributed by atoms with Crippen LogP contribution in [-0.4, -0.2) is 44.6 Å². The molecule has 0 aliphatic carbocycles. The molecule has 7 heteroatoms. The van der Waals surface area contributed by atoms with Gasteiger partial charge in [-0.05, 0) is 39.0 Å². The molecule has 0 aliphatic rings. The van der Waals surface area contributed by atoms with Gasteiger partial charge in [0.15, 0.2) is 16.8 Å². The van der Waals surface area contributed by atoms with E-state index in [9.17, 15) is 4.79 Å². The molecule has 0 amide bonds. The molecule has 0 spiro atoms. The topological polar surface area (TPSA) is 61.9 Å². The van der Waals surface area contributed by atoms with Gasteiger partial charge in [-0.1, -0.05) is 60.3 Å².